The highest BCUT2D eigenvalue weighted by Crippen LogP contribution is 2.28. The quantitative estimate of drug-likeness (QED) is 0.591. The SMILES string of the molecule is C/C(=C\c1cc(-c2ccc(F)nc2)c2c(C#N)cnn2c1)C(=O)O. The Hall–Kier alpha value is -3.53. The van der Waals surface area contributed by atoms with Crippen LogP contribution in [-0.4, -0.2) is 25.7 Å². The maximum absolute atomic E-state index is 13.1. The maximum atomic E-state index is 13.1. The molecule has 6 nitrogen and oxygen atoms in total. The highest BCUT2D eigenvalue weighted by Gasteiger charge is 2.13. The molecule has 3 aromatic heterocycles. The molecule has 24 heavy (non-hydrogen) atoms. The van der Waals surface area contributed by atoms with Crippen molar-refractivity contribution in [2.45, 2.75) is 6.92 Å². The summed E-state index contributed by atoms with van der Waals surface area (Å²) in [7, 11) is 0. The number of aliphatic carboxylic acids is 1. The summed E-state index contributed by atoms with van der Waals surface area (Å²) in [6.07, 6.45) is 5.91. The lowest BCUT2D eigenvalue weighted by molar-refractivity contribution is -0.132. The summed E-state index contributed by atoms with van der Waals surface area (Å²) in [6, 6.07) is 6.55. The van der Waals surface area contributed by atoms with Crippen molar-refractivity contribution < 1.29 is 14.3 Å². The van der Waals surface area contributed by atoms with Crippen molar-refractivity contribution in [2.75, 3.05) is 0 Å². The van der Waals surface area contributed by atoms with Crippen LogP contribution in [0.1, 0.15) is 18.1 Å². The number of pyridine rings is 2. The minimum Gasteiger partial charge on any atom is -0.478 e. The van der Waals surface area contributed by atoms with Crippen molar-refractivity contribution in [2.24, 2.45) is 0 Å². The zero-order chi connectivity index (χ0) is 17.3. The second-order valence-electron chi connectivity index (χ2n) is 5.15. The van der Waals surface area contributed by atoms with Crippen LogP contribution in [0.4, 0.5) is 4.39 Å². The second kappa shape index (κ2) is 5.93. The molecular weight excluding hydrogens is 311 g/mol. The van der Waals surface area contributed by atoms with Crippen LogP contribution >= 0.6 is 0 Å². The van der Waals surface area contributed by atoms with Crippen LogP contribution in [0, 0.1) is 17.3 Å². The molecule has 0 aliphatic rings. The van der Waals surface area contributed by atoms with Crippen LogP contribution in [0.5, 0.6) is 0 Å². The molecule has 0 saturated carbocycles. The summed E-state index contributed by atoms with van der Waals surface area (Å²) < 4.78 is 14.6. The Morgan fingerprint density at radius 3 is 2.83 bits per heavy atom. The molecule has 1 N–H and O–H groups in total. The number of fused-ring (bicyclic) bond motifs is 1. The van der Waals surface area contributed by atoms with E-state index in [0.29, 0.717) is 27.8 Å². The number of rotatable bonds is 3. The van der Waals surface area contributed by atoms with E-state index < -0.39 is 11.9 Å². The molecule has 0 unspecified atom stereocenters. The van der Waals surface area contributed by atoms with E-state index >= 15 is 0 Å². The molecule has 0 aromatic carbocycles. The number of hydrogen-bond donors (Lipinski definition) is 1. The average Bonchev–Trinajstić information content (AvgIpc) is 2.97. The van der Waals surface area contributed by atoms with Crippen molar-refractivity contribution in [3.05, 3.63) is 59.4 Å². The van der Waals surface area contributed by atoms with E-state index in [1.807, 2.05) is 0 Å². The van der Waals surface area contributed by atoms with Gasteiger partial charge in [-0.1, -0.05) is 0 Å². The molecule has 3 aromatic rings. The van der Waals surface area contributed by atoms with E-state index in [1.54, 1.807) is 18.3 Å². The summed E-state index contributed by atoms with van der Waals surface area (Å²) >= 11 is 0. The molecule has 0 fully saturated rings. The van der Waals surface area contributed by atoms with E-state index in [0.717, 1.165) is 0 Å². The first-order valence-corrected chi connectivity index (χ1v) is 6.94. The minimum atomic E-state index is -1.03. The van der Waals surface area contributed by atoms with Gasteiger partial charge in [0.2, 0.25) is 5.95 Å². The molecule has 0 atom stereocenters. The van der Waals surface area contributed by atoms with E-state index in [2.05, 4.69) is 16.2 Å². The lowest BCUT2D eigenvalue weighted by atomic mass is 10.0. The molecule has 0 aliphatic carbocycles. The maximum Gasteiger partial charge on any atom is 0.331 e. The van der Waals surface area contributed by atoms with Crippen molar-refractivity contribution in [3.8, 4) is 17.2 Å². The van der Waals surface area contributed by atoms with E-state index in [4.69, 9.17) is 5.11 Å². The third-order valence-corrected chi connectivity index (χ3v) is 3.51. The molecule has 0 radical (unpaired) electrons. The first kappa shape index (κ1) is 15.4. The first-order valence-electron chi connectivity index (χ1n) is 6.94. The lowest BCUT2D eigenvalue weighted by Crippen LogP contribution is -1.97. The number of carboxylic acids is 1. The van der Waals surface area contributed by atoms with Crippen molar-refractivity contribution in [3.63, 3.8) is 0 Å². The van der Waals surface area contributed by atoms with Gasteiger partial charge in [-0.2, -0.15) is 14.8 Å². The third-order valence-electron chi connectivity index (χ3n) is 3.51. The topological polar surface area (TPSA) is 91.3 Å². The Bertz CT molecular complexity index is 1010. The number of carbonyl (C=O) groups is 1. The monoisotopic (exact) mass is 322 g/mol. The van der Waals surface area contributed by atoms with Gasteiger partial charge in [-0.3, -0.25) is 0 Å². The fourth-order valence-electron chi connectivity index (χ4n) is 2.37. The third kappa shape index (κ3) is 2.73. The highest BCUT2D eigenvalue weighted by atomic mass is 19.1. The number of nitrogens with zero attached hydrogens (tertiary/aromatic N) is 4. The summed E-state index contributed by atoms with van der Waals surface area (Å²) in [6.45, 7) is 1.48. The van der Waals surface area contributed by atoms with Gasteiger partial charge >= 0.3 is 5.97 Å². The molecule has 0 bridgehead atoms. The molecule has 7 heteroatoms. The van der Waals surface area contributed by atoms with Gasteiger partial charge in [-0.05, 0) is 36.8 Å². The Morgan fingerprint density at radius 2 is 2.21 bits per heavy atom. The second-order valence-corrected chi connectivity index (χ2v) is 5.15. The molecule has 0 spiro atoms. The van der Waals surface area contributed by atoms with Crippen LogP contribution in [0.15, 0.2) is 42.4 Å². The largest absolute Gasteiger partial charge is 0.478 e. The Kier molecular flexibility index (Phi) is 3.80. The molecular formula is C17H11FN4O2. The zero-order valence-corrected chi connectivity index (χ0v) is 12.6. The zero-order valence-electron chi connectivity index (χ0n) is 12.6. The fourth-order valence-corrected chi connectivity index (χ4v) is 2.37. The van der Waals surface area contributed by atoms with Gasteiger partial charge < -0.3 is 5.11 Å². The predicted molar refractivity (Wildman–Crippen MR) is 84.4 cm³/mol. The smallest absolute Gasteiger partial charge is 0.331 e. The Balaban J connectivity index is 2.29. The van der Waals surface area contributed by atoms with Gasteiger partial charge in [0.05, 0.1) is 17.3 Å². The number of carboxylic acid groups (broad SMARTS) is 1. The highest BCUT2D eigenvalue weighted by molar-refractivity contribution is 5.92. The van der Waals surface area contributed by atoms with Gasteiger partial charge in [0.25, 0.3) is 0 Å². The number of aromatic nitrogens is 3. The lowest BCUT2D eigenvalue weighted by Gasteiger charge is -2.07. The van der Waals surface area contributed by atoms with Crippen LogP contribution in [0.3, 0.4) is 0 Å². The minimum absolute atomic E-state index is 0.158. The van der Waals surface area contributed by atoms with E-state index in [-0.39, 0.29) is 5.57 Å². The number of halogens is 1. The first-order chi connectivity index (χ1) is 11.5. The molecule has 0 saturated heterocycles. The van der Waals surface area contributed by atoms with Gasteiger partial charge in [0.1, 0.15) is 6.07 Å². The Morgan fingerprint density at radius 1 is 1.42 bits per heavy atom. The van der Waals surface area contributed by atoms with Gasteiger partial charge in [-0.15, -0.1) is 0 Å². The van der Waals surface area contributed by atoms with Gasteiger partial charge in [0.15, 0.2) is 0 Å². The van der Waals surface area contributed by atoms with Crippen LogP contribution in [-0.2, 0) is 4.79 Å². The average molecular weight is 322 g/mol. The molecule has 0 amide bonds. The summed E-state index contributed by atoms with van der Waals surface area (Å²) in [5, 5.41) is 22.4. The fraction of sp³-hybridized carbons (Fsp3) is 0.0588. The molecule has 0 aliphatic heterocycles. The summed E-state index contributed by atoms with van der Waals surface area (Å²) in [5.41, 5.74) is 2.88. The van der Waals surface area contributed by atoms with E-state index in [1.165, 1.54) is 36.0 Å². The summed E-state index contributed by atoms with van der Waals surface area (Å²) in [5.74, 6) is -1.64. The van der Waals surface area contributed by atoms with E-state index in [9.17, 15) is 14.4 Å². The van der Waals surface area contributed by atoms with Crippen LogP contribution in [0.2, 0.25) is 0 Å². The molecule has 3 heterocycles. The van der Waals surface area contributed by atoms with Crippen LogP contribution in [0.25, 0.3) is 22.7 Å². The van der Waals surface area contributed by atoms with Gasteiger partial charge in [-0.25, -0.2) is 14.3 Å². The molecule has 118 valence electrons. The van der Waals surface area contributed by atoms with Crippen molar-refractivity contribution in [1.29, 1.82) is 5.26 Å². The predicted octanol–water partition coefficient (Wildman–Crippen LogP) is 2.89. The van der Waals surface area contributed by atoms with Crippen molar-refractivity contribution >= 4 is 17.6 Å². The number of hydrogen-bond acceptors (Lipinski definition) is 4. The molecule has 3 rings (SSSR count). The summed E-state index contributed by atoms with van der Waals surface area (Å²) in [4.78, 5) is 14.7. The normalized spacial score (nSPS) is 11.5. The van der Waals surface area contributed by atoms with Crippen molar-refractivity contribution in [1.82, 2.24) is 14.6 Å². The number of nitriles is 1. The Labute approximate surface area is 136 Å². The standard InChI is InChI=1S/C17H11FN4O2/c1-10(17(23)24)4-11-5-14(12-2-3-15(18)20-7-12)16-13(6-19)8-21-22(16)9-11/h2-5,7-9H,1H3,(H,23,24)/b10-4+. The van der Waals surface area contributed by atoms with Crippen LogP contribution < -0.4 is 0 Å². The van der Waals surface area contributed by atoms with Gasteiger partial charge in [0, 0.05) is 29.1 Å².